The van der Waals surface area contributed by atoms with Crippen LogP contribution in [-0.4, -0.2) is 21.5 Å². The quantitative estimate of drug-likeness (QED) is 0.257. The van der Waals surface area contributed by atoms with E-state index < -0.39 is 17.8 Å². The van der Waals surface area contributed by atoms with Gasteiger partial charge in [-0.2, -0.15) is 18.3 Å². The third-order valence-corrected chi connectivity index (χ3v) is 6.90. The Bertz CT molecular complexity index is 1790. The highest BCUT2D eigenvalue weighted by molar-refractivity contribution is 6.51. The van der Waals surface area contributed by atoms with Crippen LogP contribution in [0.1, 0.15) is 28.6 Å². The largest absolute Gasteiger partial charge is 0.467 e. The van der Waals surface area contributed by atoms with Gasteiger partial charge in [-0.3, -0.25) is 0 Å². The minimum absolute atomic E-state index is 0.240. The third kappa shape index (κ3) is 3.87. The smallest absolute Gasteiger partial charge is 0.416 e. The Morgan fingerprint density at radius 3 is 2.45 bits per heavy atom. The average molecular weight is 539 g/mol. The maximum atomic E-state index is 13.5. The number of hydrogen-bond acceptors (Lipinski definition) is 6. The number of hydrogen-bond donors (Lipinski definition) is 1. The van der Waals surface area contributed by atoms with E-state index in [0.717, 1.165) is 34.8 Å². The predicted molar refractivity (Wildman–Crippen MR) is 147 cm³/mol. The van der Waals surface area contributed by atoms with Crippen LogP contribution in [0.5, 0.6) is 0 Å². The zero-order valence-corrected chi connectivity index (χ0v) is 21.1. The number of halogens is 3. The van der Waals surface area contributed by atoms with Gasteiger partial charge in [0.15, 0.2) is 17.5 Å². The lowest BCUT2D eigenvalue weighted by Crippen LogP contribution is -2.46. The van der Waals surface area contributed by atoms with Gasteiger partial charge in [0.1, 0.15) is 11.8 Å². The summed E-state index contributed by atoms with van der Waals surface area (Å²) in [5.41, 5.74) is 3.37. The lowest BCUT2D eigenvalue weighted by Gasteiger charge is -2.39. The number of amidine groups is 2. The minimum atomic E-state index is -4.48. The maximum Gasteiger partial charge on any atom is 0.416 e. The zero-order chi connectivity index (χ0) is 27.4. The molecule has 0 saturated carbocycles. The number of nitrogens with one attached hydrogen (secondary N) is 1. The molecule has 40 heavy (non-hydrogen) atoms. The maximum absolute atomic E-state index is 13.5. The number of nitrogens with zero attached hydrogens (tertiary/aromatic N) is 5. The van der Waals surface area contributed by atoms with E-state index in [1.165, 1.54) is 6.07 Å². The van der Waals surface area contributed by atoms with Crippen molar-refractivity contribution in [3.05, 3.63) is 120 Å². The first kappa shape index (κ1) is 24.0. The van der Waals surface area contributed by atoms with E-state index in [-0.39, 0.29) is 5.69 Å². The molecule has 10 heteroatoms. The van der Waals surface area contributed by atoms with Crippen molar-refractivity contribution in [2.75, 3.05) is 10.2 Å². The predicted octanol–water partition coefficient (Wildman–Crippen LogP) is 7.59. The SMILES string of the molecule is Cc1nn(-c2ccccc2)c2c1C(c1ccco1)N1C(=N2)C(Nc2cccc(C(F)(F)F)c2)=Nc2ccccc21. The molecule has 4 heterocycles. The van der Waals surface area contributed by atoms with Crippen molar-refractivity contribution in [3.8, 4) is 5.69 Å². The van der Waals surface area contributed by atoms with Crippen LogP contribution in [0, 0.1) is 6.92 Å². The summed E-state index contributed by atoms with van der Waals surface area (Å²) < 4.78 is 48.2. The molecule has 1 N–H and O–H groups in total. The van der Waals surface area contributed by atoms with E-state index in [1.807, 2.05) is 78.6 Å². The standard InChI is InChI=1S/C30H21F3N6O/c1-18-25-26(24-15-8-16-40-24)38-23-14-6-5-13-22(23)35-27(34-20-10-7-9-19(17-20)30(31,32)33)29(38)36-28(25)39(37-18)21-11-3-2-4-12-21/h2-17,26H,1H3,(H,34,35). The van der Waals surface area contributed by atoms with Crippen molar-refractivity contribution in [1.29, 1.82) is 0 Å². The Morgan fingerprint density at radius 1 is 0.875 bits per heavy atom. The Labute approximate surface area is 226 Å². The Hall–Kier alpha value is -5.12. The summed E-state index contributed by atoms with van der Waals surface area (Å²) in [6, 6.07) is 25.5. The van der Waals surface area contributed by atoms with E-state index in [1.54, 1.807) is 17.0 Å². The second-order valence-electron chi connectivity index (χ2n) is 9.45. The molecule has 1 unspecified atom stereocenters. The van der Waals surface area contributed by atoms with Crippen LogP contribution in [0.4, 0.5) is 36.1 Å². The van der Waals surface area contributed by atoms with Crippen LogP contribution in [0.2, 0.25) is 0 Å². The molecule has 0 spiro atoms. The monoisotopic (exact) mass is 538 g/mol. The second kappa shape index (κ2) is 8.98. The normalized spacial score (nSPS) is 16.0. The van der Waals surface area contributed by atoms with E-state index in [4.69, 9.17) is 19.5 Å². The van der Waals surface area contributed by atoms with E-state index in [9.17, 15) is 13.2 Å². The van der Waals surface area contributed by atoms with Crippen LogP contribution in [0.25, 0.3) is 5.69 Å². The first-order chi connectivity index (χ1) is 19.4. The number of aromatic nitrogens is 2. The fourth-order valence-corrected chi connectivity index (χ4v) is 5.17. The molecule has 0 bridgehead atoms. The van der Waals surface area contributed by atoms with E-state index in [0.29, 0.717) is 28.9 Å². The first-order valence-corrected chi connectivity index (χ1v) is 12.6. The van der Waals surface area contributed by atoms with Crippen molar-refractivity contribution in [2.45, 2.75) is 19.1 Å². The summed E-state index contributed by atoms with van der Waals surface area (Å²) >= 11 is 0. The summed E-state index contributed by atoms with van der Waals surface area (Å²) in [6.45, 7) is 1.93. The van der Waals surface area contributed by atoms with Crippen molar-refractivity contribution in [3.63, 3.8) is 0 Å². The van der Waals surface area contributed by atoms with Gasteiger partial charge in [-0.15, -0.1) is 0 Å². The molecule has 5 aromatic rings. The molecule has 0 aliphatic carbocycles. The molecule has 7 rings (SSSR count). The van der Waals surface area contributed by atoms with Gasteiger partial charge in [0.25, 0.3) is 0 Å². The van der Waals surface area contributed by atoms with Crippen molar-refractivity contribution in [2.24, 2.45) is 9.98 Å². The number of aryl methyl sites for hydroxylation is 1. The summed E-state index contributed by atoms with van der Waals surface area (Å²) in [7, 11) is 0. The molecule has 0 saturated heterocycles. The van der Waals surface area contributed by atoms with Gasteiger partial charge < -0.3 is 14.6 Å². The fourth-order valence-electron chi connectivity index (χ4n) is 5.17. The summed E-state index contributed by atoms with van der Waals surface area (Å²) in [6.07, 6.45) is -2.87. The molecule has 3 aromatic carbocycles. The molecule has 0 fully saturated rings. The molecule has 198 valence electrons. The summed E-state index contributed by atoms with van der Waals surface area (Å²) in [5.74, 6) is 1.99. The number of furan rings is 1. The molecular weight excluding hydrogens is 517 g/mol. The molecule has 0 radical (unpaired) electrons. The first-order valence-electron chi connectivity index (χ1n) is 12.6. The summed E-state index contributed by atoms with van der Waals surface area (Å²) in [4.78, 5) is 11.9. The van der Waals surface area contributed by atoms with Gasteiger partial charge in [-0.1, -0.05) is 36.4 Å². The lowest BCUT2D eigenvalue weighted by molar-refractivity contribution is -0.137. The Morgan fingerprint density at radius 2 is 1.68 bits per heavy atom. The summed E-state index contributed by atoms with van der Waals surface area (Å²) in [5, 5.41) is 7.95. The second-order valence-corrected chi connectivity index (χ2v) is 9.45. The van der Waals surface area contributed by atoms with Crippen molar-refractivity contribution in [1.82, 2.24) is 9.78 Å². The number of alkyl halides is 3. The van der Waals surface area contributed by atoms with Gasteiger partial charge in [0.2, 0.25) is 0 Å². The number of aliphatic imine (C=N–C) groups is 2. The third-order valence-electron chi connectivity index (χ3n) is 6.90. The van der Waals surface area contributed by atoms with Gasteiger partial charge in [0, 0.05) is 5.69 Å². The van der Waals surface area contributed by atoms with E-state index >= 15 is 0 Å². The molecular formula is C30H21F3N6O. The van der Waals surface area contributed by atoms with Gasteiger partial charge >= 0.3 is 6.18 Å². The topological polar surface area (TPSA) is 71.0 Å². The number of para-hydroxylation sites is 3. The van der Waals surface area contributed by atoms with Crippen LogP contribution in [0.3, 0.4) is 0 Å². The zero-order valence-electron chi connectivity index (χ0n) is 21.1. The highest BCUT2D eigenvalue weighted by Crippen LogP contribution is 2.48. The molecule has 1 atom stereocenters. The lowest BCUT2D eigenvalue weighted by atomic mass is 9.98. The van der Waals surface area contributed by atoms with Crippen molar-refractivity contribution >= 4 is 34.6 Å². The van der Waals surface area contributed by atoms with Gasteiger partial charge in [-0.05, 0) is 61.5 Å². The van der Waals surface area contributed by atoms with Crippen LogP contribution in [-0.2, 0) is 6.18 Å². The fraction of sp³-hybridized carbons (Fsp3) is 0.100. The van der Waals surface area contributed by atoms with E-state index in [2.05, 4.69) is 5.32 Å². The number of fused-ring (bicyclic) bond motifs is 4. The molecule has 0 amide bonds. The van der Waals surface area contributed by atoms with Gasteiger partial charge in [-0.25, -0.2) is 14.7 Å². The van der Waals surface area contributed by atoms with Crippen molar-refractivity contribution < 1.29 is 17.6 Å². The number of benzene rings is 3. The Kier molecular flexibility index (Phi) is 5.38. The molecule has 2 aliphatic heterocycles. The average Bonchev–Trinajstić information content (AvgIpc) is 3.61. The molecule has 2 aromatic heterocycles. The number of rotatable bonds is 3. The molecule has 2 aliphatic rings. The highest BCUT2D eigenvalue weighted by Gasteiger charge is 2.42. The van der Waals surface area contributed by atoms with Crippen LogP contribution < -0.4 is 10.2 Å². The van der Waals surface area contributed by atoms with Crippen LogP contribution in [0.15, 0.2) is 112 Å². The Balaban J connectivity index is 1.46. The minimum Gasteiger partial charge on any atom is -0.467 e. The highest BCUT2D eigenvalue weighted by atomic mass is 19.4. The molecule has 7 nitrogen and oxygen atoms in total. The van der Waals surface area contributed by atoms with Crippen LogP contribution >= 0.6 is 0 Å². The van der Waals surface area contributed by atoms with Gasteiger partial charge in [0.05, 0.1) is 40.1 Å². The number of anilines is 2.